The van der Waals surface area contributed by atoms with Crippen LogP contribution in [0.5, 0.6) is 0 Å². The number of anilines is 1. The van der Waals surface area contributed by atoms with E-state index in [1.807, 2.05) is 24.3 Å². The van der Waals surface area contributed by atoms with Crippen LogP contribution in [0.4, 0.5) is 5.69 Å². The first kappa shape index (κ1) is 11.7. The van der Waals surface area contributed by atoms with Crippen molar-refractivity contribution in [1.82, 2.24) is 14.5 Å². The van der Waals surface area contributed by atoms with Gasteiger partial charge in [0.05, 0.1) is 11.9 Å². The molecule has 0 spiro atoms. The maximum atomic E-state index is 5.79. The minimum Gasteiger partial charge on any atom is -0.397 e. The van der Waals surface area contributed by atoms with E-state index in [1.165, 1.54) is 0 Å². The van der Waals surface area contributed by atoms with Crippen LogP contribution in [0.25, 0.3) is 16.9 Å². The molecular weight excluding hydrogens is 236 g/mol. The molecule has 0 saturated heterocycles. The Morgan fingerprint density at radius 2 is 1.89 bits per heavy atom. The van der Waals surface area contributed by atoms with Crippen LogP contribution in [0, 0.1) is 0 Å². The van der Waals surface area contributed by atoms with E-state index in [-0.39, 0.29) is 0 Å². The van der Waals surface area contributed by atoms with Crippen molar-refractivity contribution in [2.75, 3.05) is 5.73 Å². The first-order chi connectivity index (χ1) is 9.16. The number of hydrogen-bond acceptors (Lipinski definition) is 3. The summed E-state index contributed by atoms with van der Waals surface area (Å²) in [6.07, 6.45) is 1.67. The van der Waals surface area contributed by atoms with Crippen LogP contribution in [-0.2, 0) is 0 Å². The lowest BCUT2D eigenvalue weighted by atomic mass is 10.2. The smallest absolute Gasteiger partial charge is 0.164 e. The number of para-hydroxylation sites is 1. The Bertz CT molecular complexity index is 714. The van der Waals surface area contributed by atoms with Gasteiger partial charge in [0.2, 0.25) is 0 Å². The van der Waals surface area contributed by atoms with E-state index in [4.69, 9.17) is 5.73 Å². The summed E-state index contributed by atoms with van der Waals surface area (Å²) in [6.45, 7) is 4.26. The second-order valence-corrected chi connectivity index (χ2v) is 4.91. The molecule has 0 saturated carbocycles. The molecule has 0 aliphatic heterocycles. The molecule has 0 radical (unpaired) electrons. The van der Waals surface area contributed by atoms with Gasteiger partial charge in [-0.1, -0.05) is 32.0 Å². The molecule has 0 fully saturated rings. The second-order valence-electron chi connectivity index (χ2n) is 4.91. The Balaban J connectivity index is 2.35. The van der Waals surface area contributed by atoms with E-state index in [2.05, 4.69) is 40.5 Å². The van der Waals surface area contributed by atoms with Gasteiger partial charge >= 0.3 is 0 Å². The number of nitrogens with zero attached hydrogens (tertiary/aromatic N) is 3. The Morgan fingerprint density at radius 3 is 2.58 bits per heavy atom. The van der Waals surface area contributed by atoms with Crippen molar-refractivity contribution in [3.05, 3.63) is 48.4 Å². The van der Waals surface area contributed by atoms with Gasteiger partial charge in [-0.2, -0.15) is 0 Å². The first-order valence-corrected chi connectivity index (χ1v) is 6.36. The highest BCUT2D eigenvalue weighted by Gasteiger charge is 2.15. The molecule has 4 nitrogen and oxygen atoms in total. The van der Waals surface area contributed by atoms with E-state index in [1.54, 1.807) is 6.20 Å². The summed E-state index contributed by atoms with van der Waals surface area (Å²) in [5.41, 5.74) is 9.19. The van der Waals surface area contributed by atoms with E-state index >= 15 is 0 Å². The summed E-state index contributed by atoms with van der Waals surface area (Å²) in [6, 6.07) is 12.0. The van der Waals surface area contributed by atoms with Crippen molar-refractivity contribution < 1.29 is 0 Å². The predicted molar refractivity (Wildman–Crippen MR) is 77.4 cm³/mol. The first-order valence-electron chi connectivity index (χ1n) is 6.36. The van der Waals surface area contributed by atoms with E-state index in [0.717, 1.165) is 22.7 Å². The van der Waals surface area contributed by atoms with Crippen molar-refractivity contribution in [3.63, 3.8) is 0 Å². The summed E-state index contributed by atoms with van der Waals surface area (Å²) in [5.74, 6) is 1.31. The van der Waals surface area contributed by atoms with Gasteiger partial charge in [-0.25, -0.2) is 9.97 Å². The summed E-state index contributed by atoms with van der Waals surface area (Å²) < 4.78 is 2.10. The van der Waals surface area contributed by atoms with E-state index in [0.29, 0.717) is 11.6 Å². The number of nitrogens with two attached hydrogens (primary N) is 1. The van der Waals surface area contributed by atoms with Crippen molar-refractivity contribution in [2.24, 2.45) is 0 Å². The van der Waals surface area contributed by atoms with Crippen molar-refractivity contribution in [2.45, 2.75) is 19.8 Å². The zero-order valence-electron chi connectivity index (χ0n) is 11.0. The molecule has 3 rings (SSSR count). The summed E-state index contributed by atoms with van der Waals surface area (Å²) in [7, 11) is 0. The van der Waals surface area contributed by atoms with Gasteiger partial charge in [-0.15, -0.1) is 0 Å². The average molecular weight is 252 g/mol. The molecular formula is C15H16N4. The van der Waals surface area contributed by atoms with Crippen molar-refractivity contribution in [1.29, 1.82) is 0 Å². The average Bonchev–Trinajstić information content (AvgIpc) is 2.78. The second kappa shape index (κ2) is 4.39. The zero-order valence-corrected chi connectivity index (χ0v) is 11.0. The van der Waals surface area contributed by atoms with Gasteiger partial charge in [-0.05, 0) is 18.2 Å². The normalized spacial score (nSPS) is 11.3. The Kier molecular flexibility index (Phi) is 2.71. The highest BCUT2D eigenvalue weighted by atomic mass is 15.1. The topological polar surface area (TPSA) is 56.7 Å². The van der Waals surface area contributed by atoms with E-state index < -0.39 is 0 Å². The van der Waals surface area contributed by atoms with Crippen LogP contribution in [0.15, 0.2) is 42.6 Å². The number of nitrogen functional groups attached to an aromatic ring is 1. The maximum Gasteiger partial charge on any atom is 0.164 e. The zero-order chi connectivity index (χ0) is 13.4. The van der Waals surface area contributed by atoms with Gasteiger partial charge in [-0.3, -0.25) is 4.57 Å². The fraction of sp³-hybridized carbons (Fsp3) is 0.200. The van der Waals surface area contributed by atoms with E-state index in [9.17, 15) is 0 Å². The molecule has 2 N–H and O–H groups in total. The van der Waals surface area contributed by atoms with Crippen LogP contribution in [0.3, 0.4) is 0 Å². The molecule has 0 unspecified atom stereocenters. The molecule has 0 amide bonds. The number of imidazole rings is 1. The van der Waals surface area contributed by atoms with Gasteiger partial charge < -0.3 is 5.73 Å². The number of hydrogen-bond donors (Lipinski definition) is 1. The monoisotopic (exact) mass is 252 g/mol. The number of benzene rings is 1. The summed E-state index contributed by atoms with van der Waals surface area (Å²) in [4.78, 5) is 9.11. The number of rotatable bonds is 2. The molecule has 0 atom stereocenters. The quantitative estimate of drug-likeness (QED) is 0.762. The molecule has 19 heavy (non-hydrogen) atoms. The maximum absolute atomic E-state index is 5.79. The minimum absolute atomic E-state index is 0.315. The minimum atomic E-state index is 0.315. The van der Waals surface area contributed by atoms with Crippen molar-refractivity contribution >= 4 is 16.9 Å². The summed E-state index contributed by atoms with van der Waals surface area (Å²) >= 11 is 0. The standard InChI is InChI=1S/C15H16N4/c1-10(2)14-18-13-8-11(16)9-17-15(13)19(14)12-6-4-3-5-7-12/h3-10H,16H2,1-2H3. The van der Waals surface area contributed by atoms with Crippen molar-refractivity contribution in [3.8, 4) is 5.69 Å². The third kappa shape index (κ3) is 1.95. The predicted octanol–water partition coefficient (Wildman–Crippen LogP) is 3.13. The fourth-order valence-electron chi connectivity index (χ4n) is 2.22. The van der Waals surface area contributed by atoms with Gasteiger partial charge in [0.25, 0.3) is 0 Å². The molecule has 3 aromatic rings. The lowest BCUT2D eigenvalue weighted by Crippen LogP contribution is -2.03. The molecule has 2 aromatic heterocycles. The Labute approximate surface area is 111 Å². The Hall–Kier alpha value is -2.36. The Morgan fingerprint density at radius 1 is 1.16 bits per heavy atom. The number of aromatic nitrogens is 3. The number of pyridine rings is 1. The molecule has 1 aromatic carbocycles. The highest BCUT2D eigenvalue weighted by molar-refractivity contribution is 5.77. The largest absolute Gasteiger partial charge is 0.397 e. The van der Waals surface area contributed by atoms with Gasteiger partial charge in [0, 0.05) is 11.6 Å². The molecule has 0 bridgehead atoms. The fourth-order valence-corrected chi connectivity index (χ4v) is 2.22. The molecule has 0 aliphatic carbocycles. The lowest BCUT2D eigenvalue weighted by molar-refractivity contribution is 0.757. The van der Waals surface area contributed by atoms with Gasteiger partial charge in [0.1, 0.15) is 11.3 Å². The third-order valence-electron chi connectivity index (χ3n) is 3.08. The molecule has 0 aliphatic rings. The van der Waals surface area contributed by atoms with Crippen LogP contribution < -0.4 is 5.73 Å². The lowest BCUT2D eigenvalue weighted by Gasteiger charge is -2.10. The number of fused-ring (bicyclic) bond motifs is 1. The van der Waals surface area contributed by atoms with Crippen LogP contribution >= 0.6 is 0 Å². The molecule has 96 valence electrons. The highest BCUT2D eigenvalue weighted by Crippen LogP contribution is 2.25. The molecule has 4 heteroatoms. The summed E-state index contributed by atoms with van der Waals surface area (Å²) in [5, 5.41) is 0. The van der Waals surface area contributed by atoms with Gasteiger partial charge in [0.15, 0.2) is 5.65 Å². The molecule has 2 heterocycles. The van der Waals surface area contributed by atoms with Crippen LogP contribution in [0.2, 0.25) is 0 Å². The van der Waals surface area contributed by atoms with Crippen LogP contribution in [-0.4, -0.2) is 14.5 Å². The third-order valence-corrected chi connectivity index (χ3v) is 3.08. The van der Waals surface area contributed by atoms with Crippen LogP contribution in [0.1, 0.15) is 25.6 Å². The SMILES string of the molecule is CC(C)c1nc2cc(N)cnc2n1-c1ccccc1.